The van der Waals surface area contributed by atoms with Gasteiger partial charge in [0.1, 0.15) is 0 Å². The van der Waals surface area contributed by atoms with E-state index in [0.29, 0.717) is 0 Å². The number of aromatic nitrogens is 2. The minimum absolute atomic E-state index is 0.801. The largest absolute Gasteiger partial charge is 0.299 e. The minimum Gasteiger partial charge on any atom is -0.299 e. The monoisotopic (exact) mass is 186 g/mol. The standard InChI is InChI=1S/C6H7BrN2/c1-5(2)9-4-3-8-6(9)7/h3-4H,1H2,2H3. The molecule has 0 aliphatic heterocycles. The van der Waals surface area contributed by atoms with Crippen molar-refractivity contribution < 1.29 is 0 Å². The van der Waals surface area contributed by atoms with Crippen molar-refractivity contribution in [3.05, 3.63) is 23.7 Å². The van der Waals surface area contributed by atoms with Crippen LogP contribution in [-0.4, -0.2) is 9.55 Å². The molecule has 0 unspecified atom stereocenters. The highest BCUT2D eigenvalue weighted by molar-refractivity contribution is 9.10. The second kappa shape index (κ2) is 2.35. The molecule has 1 heterocycles. The number of hydrogen-bond acceptors (Lipinski definition) is 1. The van der Waals surface area contributed by atoms with Crippen LogP contribution >= 0.6 is 15.9 Å². The lowest BCUT2D eigenvalue weighted by molar-refractivity contribution is 1.04. The van der Waals surface area contributed by atoms with Gasteiger partial charge in [0, 0.05) is 18.1 Å². The highest BCUT2D eigenvalue weighted by atomic mass is 79.9. The fraction of sp³-hybridized carbons (Fsp3) is 0.167. The van der Waals surface area contributed by atoms with Crippen molar-refractivity contribution in [3.63, 3.8) is 0 Å². The van der Waals surface area contributed by atoms with Crippen LogP contribution in [-0.2, 0) is 0 Å². The Morgan fingerprint density at radius 3 is 2.78 bits per heavy atom. The van der Waals surface area contributed by atoms with Crippen LogP contribution in [0.15, 0.2) is 23.7 Å². The summed E-state index contributed by atoms with van der Waals surface area (Å²) in [5.74, 6) is 0. The SMILES string of the molecule is C=C(C)n1ccnc1Br. The molecule has 0 fully saturated rings. The molecule has 0 bridgehead atoms. The summed E-state index contributed by atoms with van der Waals surface area (Å²) >= 11 is 3.26. The second-order valence-corrected chi connectivity index (χ2v) is 2.51. The van der Waals surface area contributed by atoms with Gasteiger partial charge in [0.25, 0.3) is 0 Å². The Morgan fingerprint density at radius 2 is 2.56 bits per heavy atom. The van der Waals surface area contributed by atoms with E-state index in [1.165, 1.54) is 0 Å². The highest BCUT2D eigenvalue weighted by Gasteiger charge is 1.95. The molecule has 1 aromatic heterocycles. The zero-order valence-corrected chi connectivity index (χ0v) is 6.72. The van der Waals surface area contributed by atoms with Gasteiger partial charge in [0.15, 0.2) is 4.73 Å². The van der Waals surface area contributed by atoms with E-state index in [-0.39, 0.29) is 0 Å². The molecule has 48 valence electrons. The molecule has 3 heteroatoms. The van der Waals surface area contributed by atoms with Crippen molar-refractivity contribution in [1.29, 1.82) is 0 Å². The zero-order valence-electron chi connectivity index (χ0n) is 5.13. The third-order valence-electron chi connectivity index (χ3n) is 1.01. The van der Waals surface area contributed by atoms with E-state index in [1.807, 2.05) is 17.7 Å². The van der Waals surface area contributed by atoms with E-state index in [1.54, 1.807) is 6.20 Å². The zero-order chi connectivity index (χ0) is 6.85. The Labute approximate surface area is 62.3 Å². The van der Waals surface area contributed by atoms with Crippen LogP contribution in [0, 0.1) is 0 Å². The van der Waals surface area contributed by atoms with Gasteiger partial charge < -0.3 is 0 Å². The lowest BCUT2D eigenvalue weighted by atomic mass is 10.6. The molecule has 0 aliphatic carbocycles. The molecule has 0 aliphatic rings. The average molecular weight is 187 g/mol. The van der Waals surface area contributed by atoms with E-state index in [9.17, 15) is 0 Å². The molecule has 0 amide bonds. The van der Waals surface area contributed by atoms with E-state index in [0.717, 1.165) is 10.4 Å². The first-order valence-electron chi connectivity index (χ1n) is 2.56. The minimum atomic E-state index is 0.801. The van der Waals surface area contributed by atoms with E-state index < -0.39 is 0 Å². The van der Waals surface area contributed by atoms with Crippen molar-refractivity contribution in [3.8, 4) is 0 Å². The topological polar surface area (TPSA) is 17.8 Å². The molecule has 0 N–H and O–H groups in total. The van der Waals surface area contributed by atoms with Gasteiger partial charge >= 0.3 is 0 Å². The molecule has 2 nitrogen and oxygen atoms in total. The van der Waals surface area contributed by atoms with Gasteiger partial charge in [0.05, 0.1) is 0 Å². The number of imidazole rings is 1. The third-order valence-corrected chi connectivity index (χ3v) is 1.59. The summed E-state index contributed by atoms with van der Waals surface area (Å²) in [4.78, 5) is 3.96. The Balaban J connectivity index is 3.08. The van der Waals surface area contributed by atoms with E-state index in [4.69, 9.17) is 0 Å². The number of hydrogen-bond donors (Lipinski definition) is 0. The molecular weight excluding hydrogens is 180 g/mol. The molecule has 0 radical (unpaired) electrons. The van der Waals surface area contributed by atoms with Crippen LogP contribution in [0.4, 0.5) is 0 Å². The predicted octanol–water partition coefficient (Wildman–Crippen LogP) is 2.14. The smallest absolute Gasteiger partial charge is 0.181 e. The molecule has 1 aromatic rings. The van der Waals surface area contributed by atoms with Gasteiger partial charge in [-0.2, -0.15) is 0 Å². The third kappa shape index (κ3) is 1.21. The first-order chi connectivity index (χ1) is 4.22. The predicted molar refractivity (Wildman–Crippen MR) is 40.9 cm³/mol. The van der Waals surface area contributed by atoms with Crippen molar-refractivity contribution in [2.75, 3.05) is 0 Å². The van der Waals surface area contributed by atoms with Crippen LogP contribution < -0.4 is 0 Å². The molecular formula is C6H7BrN2. The first kappa shape index (κ1) is 6.55. The molecule has 0 spiro atoms. The molecule has 0 saturated carbocycles. The van der Waals surface area contributed by atoms with E-state index >= 15 is 0 Å². The quantitative estimate of drug-likeness (QED) is 0.658. The van der Waals surface area contributed by atoms with Crippen molar-refractivity contribution in [1.82, 2.24) is 9.55 Å². The number of halogens is 1. The normalized spacial score (nSPS) is 9.56. The Hall–Kier alpha value is -0.570. The van der Waals surface area contributed by atoms with Crippen molar-refractivity contribution in [2.45, 2.75) is 6.92 Å². The highest BCUT2D eigenvalue weighted by Crippen LogP contribution is 2.10. The van der Waals surface area contributed by atoms with Crippen molar-refractivity contribution in [2.24, 2.45) is 0 Å². The summed E-state index contributed by atoms with van der Waals surface area (Å²) in [6.07, 6.45) is 3.57. The van der Waals surface area contributed by atoms with Gasteiger partial charge in [-0.15, -0.1) is 0 Å². The number of nitrogens with zero attached hydrogens (tertiary/aromatic N) is 2. The first-order valence-corrected chi connectivity index (χ1v) is 3.36. The van der Waals surface area contributed by atoms with Crippen LogP contribution in [0.25, 0.3) is 5.70 Å². The Bertz CT molecular complexity index is 227. The van der Waals surface area contributed by atoms with Gasteiger partial charge in [0.2, 0.25) is 0 Å². The maximum atomic E-state index is 3.96. The van der Waals surface area contributed by atoms with Gasteiger partial charge in [-0.25, -0.2) is 4.98 Å². The van der Waals surface area contributed by atoms with Crippen LogP contribution in [0.1, 0.15) is 6.92 Å². The van der Waals surface area contributed by atoms with Gasteiger partial charge in [-0.1, -0.05) is 6.58 Å². The summed E-state index contributed by atoms with van der Waals surface area (Å²) in [6.45, 7) is 5.67. The fourth-order valence-electron chi connectivity index (χ4n) is 0.570. The number of allylic oxidation sites excluding steroid dienone is 1. The molecule has 0 aromatic carbocycles. The number of rotatable bonds is 1. The summed E-state index contributed by atoms with van der Waals surface area (Å²) in [6, 6.07) is 0. The maximum absolute atomic E-state index is 3.96. The summed E-state index contributed by atoms with van der Waals surface area (Å²) in [5, 5.41) is 0. The molecule has 9 heavy (non-hydrogen) atoms. The summed E-state index contributed by atoms with van der Waals surface area (Å²) in [5.41, 5.74) is 0.958. The van der Waals surface area contributed by atoms with Gasteiger partial charge in [-0.05, 0) is 22.9 Å². The van der Waals surface area contributed by atoms with Gasteiger partial charge in [-0.3, -0.25) is 4.57 Å². The lowest BCUT2D eigenvalue weighted by Crippen LogP contribution is -1.88. The van der Waals surface area contributed by atoms with E-state index in [2.05, 4.69) is 27.5 Å². The summed E-state index contributed by atoms with van der Waals surface area (Å²) in [7, 11) is 0. The maximum Gasteiger partial charge on any atom is 0.181 e. The average Bonchev–Trinajstić information content (AvgIpc) is 2.13. The Kier molecular flexibility index (Phi) is 1.71. The summed E-state index contributed by atoms with van der Waals surface area (Å²) < 4.78 is 2.66. The fourth-order valence-corrected chi connectivity index (χ4v) is 1.11. The lowest BCUT2D eigenvalue weighted by Gasteiger charge is -1.98. The van der Waals surface area contributed by atoms with Crippen LogP contribution in [0.3, 0.4) is 0 Å². The van der Waals surface area contributed by atoms with Crippen LogP contribution in [0.5, 0.6) is 0 Å². The van der Waals surface area contributed by atoms with Crippen LogP contribution in [0.2, 0.25) is 0 Å². The molecule has 1 rings (SSSR count). The molecule has 0 atom stereocenters. The molecule has 0 saturated heterocycles. The van der Waals surface area contributed by atoms with Crippen molar-refractivity contribution >= 4 is 21.6 Å². The second-order valence-electron chi connectivity index (χ2n) is 1.80. The Morgan fingerprint density at radius 1 is 1.89 bits per heavy atom.